The van der Waals surface area contributed by atoms with Crippen LogP contribution in [0.25, 0.3) is 0 Å². The van der Waals surface area contributed by atoms with Gasteiger partial charge in [0.05, 0.1) is 0 Å². The first-order chi connectivity index (χ1) is 4.30. The number of rotatable bonds is 1. The van der Waals surface area contributed by atoms with Gasteiger partial charge in [0.25, 0.3) is 0 Å². The molecule has 0 aliphatic heterocycles. The van der Waals surface area contributed by atoms with Crippen LogP contribution >= 0.6 is 0 Å². The SMILES string of the molecule is CC(=O)c1ccccc1.[Ca+2].[H-].[H-]. The second kappa shape index (κ2) is 4.89. The van der Waals surface area contributed by atoms with Gasteiger partial charge in [0.15, 0.2) is 5.78 Å². The maximum absolute atomic E-state index is 10.6. The van der Waals surface area contributed by atoms with E-state index in [-0.39, 0.29) is 46.4 Å². The Balaban J connectivity index is -0.000000270. The molecule has 0 fully saturated rings. The molecular weight excluding hydrogens is 152 g/mol. The molecule has 0 spiro atoms. The maximum Gasteiger partial charge on any atom is 2.00 e. The molecule has 0 heterocycles. The first-order valence-corrected chi connectivity index (χ1v) is 2.86. The van der Waals surface area contributed by atoms with Gasteiger partial charge in [-0.15, -0.1) is 0 Å². The molecule has 0 bridgehead atoms. The number of carbonyl (C=O) groups excluding carboxylic acids is 1. The molecule has 2 heteroatoms. The Bertz CT molecular complexity index is 214. The summed E-state index contributed by atoms with van der Waals surface area (Å²) in [5.41, 5.74) is 0.775. The van der Waals surface area contributed by atoms with Crippen LogP contribution in [0.2, 0.25) is 0 Å². The summed E-state index contributed by atoms with van der Waals surface area (Å²) in [6, 6.07) is 9.23. The summed E-state index contributed by atoms with van der Waals surface area (Å²) in [5, 5.41) is 0. The summed E-state index contributed by atoms with van der Waals surface area (Å²) >= 11 is 0. The standard InChI is InChI=1S/C8H8O.Ca.2H/c1-7(9)8-5-3-2-4-6-8;;;/h2-6H,1H3;;;/q;+2;2*-1. The van der Waals surface area contributed by atoms with Crippen LogP contribution in [0.15, 0.2) is 30.3 Å². The van der Waals surface area contributed by atoms with Crippen LogP contribution in [0, 0.1) is 0 Å². The van der Waals surface area contributed by atoms with Crippen LogP contribution in [-0.4, -0.2) is 43.5 Å². The minimum absolute atomic E-state index is 0. The number of carbonyl (C=O) groups is 1. The zero-order valence-corrected chi connectivity index (χ0v) is 8.21. The number of hydrogen-bond donors (Lipinski definition) is 0. The summed E-state index contributed by atoms with van der Waals surface area (Å²) in [6.07, 6.45) is 0. The van der Waals surface area contributed by atoms with Gasteiger partial charge in [-0.05, 0) is 6.92 Å². The van der Waals surface area contributed by atoms with Gasteiger partial charge in [-0.2, -0.15) is 0 Å². The van der Waals surface area contributed by atoms with Crippen LogP contribution in [0.4, 0.5) is 0 Å². The van der Waals surface area contributed by atoms with Crippen molar-refractivity contribution in [2.24, 2.45) is 0 Å². The number of hydrogen-bond acceptors (Lipinski definition) is 1. The van der Waals surface area contributed by atoms with Gasteiger partial charge in [0.1, 0.15) is 0 Å². The van der Waals surface area contributed by atoms with E-state index in [0.717, 1.165) is 5.56 Å². The average molecular weight is 162 g/mol. The van der Waals surface area contributed by atoms with Crippen molar-refractivity contribution < 1.29 is 7.65 Å². The monoisotopic (exact) mass is 162 g/mol. The van der Waals surface area contributed by atoms with Crippen molar-refractivity contribution in [2.45, 2.75) is 6.92 Å². The minimum atomic E-state index is 0. The molecule has 50 valence electrons. The topological polar surface area (TPSA) is 17.1 Å². The molecule has 1 aromatic carbocycles. The molecule has 0 aliphatic rings. The van der Waals surface area contributed by atoms with E-state index in [0.29, 0.717) is 0 Å². The Morgan fingerprint density at radius 1 is 1.30 bits per heavy atom. The Morgan fingerprint density at radius 2 is 1.80 bits per heavy atom. The van der Waals surface area contributed by atoms with Gasteiger partial charge >= 0.3 is 37.7 Å². The van der Waals surface area contributed by atoms with E-state index in [2.05, 4.69) is 0 Å². The molecule has 0 N–H and O–H groups in total. The van der Waals surface area contributed by atoms with Crippen molar-refractivity contribution in [3.8, 4) is 0 Å². The number of ketones is 1. The maximum atomic E-state index is 10.6. The van der Waals surface area contributed by atoms with Crippen molar-refractivity contribution in [3.63, 3.8) is 0 Å². The molecule has 0 saturated carbocycles. The smallest absolute Gasteiger partial charge is 1.00 e. The molecule has 0 saturated heterocycles. The summed E-state index contributed by atoms with van der Waals surface area (Å²) in [6.45, 7) is 1.56. The third-order valence-corrected chi connectivity index (χ3v) is 1.18. The molecule has 0 aliphatic carbocycles. The zero-order chi connectivity index (χ0) is 6.69. The molecule has 1 rings (SSSR count). The van der Waals surface area contributed by atoms with E-state index >= 15 is 0 Å². The van der Waals surface area contributed by atoms with Crippen LogP contribution in [-0.2, 0) is 0 Å². The molecule has 0 unspecified atom stereocenters. The molecule has 1 aromatic rings. The van der Waals surface area contributed by atoms with Gasteiger partial charge in [0, 0.05) is 5.56 Å². The number of benzene rings is 1. The summed E-state index contributed by atoms with van der Waals surface area (Å²) in [4.78, 5) is 10.6. The molecule has 0 atom stereocenters. The van der Waals surface area contributed by atoms with Crippen LogP contribution in [0.5, 0.6) is 0 Å². The first-order valence-electron chi connectivity index (χ1n) is 2.86. The minimum Gasteiger partial charge on any atom is -1.00 e. The van der Waals surface area contributed by atoms with Gasteiger partial charge in [-0.25, -0.2) is 0 Å². The second-order valence-electron chi connectivity index (χ2n) is 1.92. The van der Waals surface area contributed by atoms with E-state index in [4.69, 9.17) is 0 Å². The van der Waals surface area contributed by atoms with E-state index in [1.54, 1.807) is 6.92 Å². The van der Waals surface area contributed by atoms with E-state index in [9.17, 15) is 4.79 Å². The molecule has 0 radical (unpaired) electrons. The average Bonchev–Trinajstić information content (AvgIpc) is 1.90. The van der Waals surface area contributed by atoms with E-state index in [1.165, 1.54) is 0 Å². The Kier molecular flexibility index (Phi) is 4.96. The fraction of sp³-hybridized carbons (Fsp3) is 0.125. The molecule has 1 nitrogen and oxygen atoms in total. The molecular formula is C8H10CaO. The van der Waals surface area contributed by atoms with Crippen molar-refractivity contribution in [2.75, 3.05) is 0 Å². The third-order valence-electron chi connectivity index (χ3n) is 1.18. The van der Waals surface area contributed by atoms with Crippen molar-refractivity contribution in [3.05, 3.63) is 35.9 Å². The molecule has 0 amide bonds. The van der Waals surface area contributed by atoms with E-state index < -0.39 is 0 Å². The fourth-order valence-corrected chi connectivity index (χ4v) is 0.673. The van der Waals surface area contributed by atoms with Crippen LogP contribution in [0.1, 0.15) is 20.1 Å². The molecule has 0 aromatic heterocycles. The van der Waals surface area contributed by atoms with Crippen LogP contribution < -0.4 is 0 Å². The second-order valence-corrected chi connectivity index (χ2v) is 1.92. The largest absolute Gasteiger partial charge is 2.00 e. The third kappa shape index (κ3) is 2.82. The quantitative estimate of drug-likeness (QED) is 0.454. The fourth-order valence-electron chi connectivity index (χ4n) is 0.673. The predicted octanol–water partition coefficient (Wildman–Crippen LogP) is 1.73. The van der Waals surface area contributed by atoms with Gasteiger partial charge in [0.2, 0.25) is 0 Å². The Morgan fingerprint density at radius 3 is 2.10 bits per heavy atom. The summed E-state index contributed by atoms with van der Waals surface area (Å²) < 4.78 is 0. The van der Waals surface area contributed by atoms with Crippen molar-refractivity contribution >= 4 is 43.5 Å². The number of Topliss-reactive ketones (excluding diaryl/α,β-unsaturated/α-hetero) is 1. The van der Waals surface area contributed by atoms with Crippen molar-refractivity contribution in [1.82, 2.24) is 0 Å². The van der Waals surface area contributed by atoms with Gasteiger partial charge in [-0.3, -0.25) is 4.79 Å². The Labute approximate surface area is 93.4 Å². The normalized spacial score (nSPS) is 8.10. The van der Waals surface area contributed by atoms with Crippen molar-refractivity contribution in [1.29, 1.82) is 0 Å². The predicted molar refractivity (Wildman–Crippen MR) is 44.4 cm³/mol. The molecule has 10 heavy (non-hydrogen) atoms. The van der Waals surface area contributed by atoms with Crippen LogP contribution in [0.3, 0.4) is 0 Å². The first kappa shape index (κ1) is 10.1. The zero-order valence-electron chi connectivity index (χ0n) is 8.00. The van der Waals surface area contributed by atoms with Gasteiger partial charge in [-0.1, -0.05) is 30.3 Å². The Hall–Kier alpha value is 0.150. The summed E-state index contributed by atoms with van der Waals surface area (Å²) in [7, 11) is 0. The summed E-state index contributed by atoms with van der Waals surface area (Å²) in [5.74, 6) is 0.121. The van der Waals surface area contributed by atoms with E-state index in [1.807, 2.05) is 30.3 Å². The van der Waals surface area contributed by atoms with Gasteiger partial charge < -0.3 is 2.85 Å².